The zero-order chi connectivity index (χ0) is 10.3. The van der Waals surface area contributed by atoms with Gasteiger partial charge in [0, 0.05) is 7.05 Å². The lowest BCUT2D eigenvalue weighted by molar-refractivity contribution is 0.453. The molecule has 0 aliphatic rings. The van der Waals surface area contributed by atoms with Crippen LogP contribution in [0, 0.1) is 0 Å². The molecule has 0 aliphatic heterocycles. The zero-order valence-corrected chi connectivity index (χ0v) is 8.04. The third-order valence-corrected chi connectivity index (χ3v) is 2.14. The summed E-state index contributed by atoms with van der Waals surface area (Å²) in [6, 6.07) is 0. The second-order valence-corrected chi connectivity index (χ2v) is 3.06. The normalized spacial score (nSPS) is 11.0. The largest absolute Gasteiger partial charge is 0.492 e. The molecule has 0 unspecified atom stereocenters. The monoisotopic (exact) mass is 214 g/mol. The van der Waals surface area contributed by atoms with E-state index in [1.807, 2.05) is 0 Å². The Morgan fingerprint density at radius 1 is 1.57 bits per heavy atom. The van der Waals surface area contributed by atoms with Crippen molar-refractivity contribution in [2.24, 2.45) is 7.05 Å². The highest BCUT2D eigenvalue weighted by atomic mass is 35.5. The van der Waals surface area contributed by atoms with E-state index in [0.29, 0.717) is 17.0 Å². The van der Waals surface area contributed by atoms with Crippen LogP contribution in [0.1, 0.15) is 5.82 Å². The SMILES string of the molecule is Cn1c(=O)nc(O)c2[nH]c(CCl)nc21. The van der Waals surface area contributed by atoms with E-state index in [1.54, 1.807) is 0 Å². The van der Waals surface area contributed by atoms with Crippen molar-refractivity contribution >= 4 is 22.8 Å². The topological polar surface area (TPSA) is 83.8 Å². The second kappa shape index (κ2) is 2.98. The number of aryl methyl sites for hydroxylation is 1. The van der Waals surface area contributed by atoms with Gasteiger partial charge in [-0.15, -0.1) is 11.6 Å². The van der Waals surface area contributed by atoms with Gasteiger partial charge in [-0.05, 0) is 0 Å². The minimum absolute atomic E-state index is 0.183. The molecule has 0 saturated heterocycles. The quantitative estimate of drug-likeness (QED) is 0.660. The van der Waals surface area contributed by atoms with Gasteiger partial charge in [0.2, 0.25) is 5.88 Å². The molecule has 2 rings (SSSR count). The van der Waals surface area contributed by atoms with Gasteiger partial charge in [-0.3, -0.25) is 4.57 Å². The van der Waals surface area contributed by atoms with E-state index in [4.69, 9.17) is 11.6 Å². The van der Waals surface area contributed by atoms with Crippen LogP contribution in [-0.2, 0) is 12.9 Å². The Balaban J connectivity index is 2.91. The standard InChI is InChI=1S/C7H7ClN4O2/c1-12-5-4(6(13)11-7(12)14)9-3(2-8)10-5/h2H2,1H3,(H,9,10)(H,11,13,14). The Hall–Kier alpha value is -1.56. The van der Waals surface area contributed by atoms with Crippen LogP contribution in [0.25, 0.3) is 11.2 Å². The van der Waals surface area contributed by atoms with Crippen molar-refractivity contribution in [2.45, 2.75) is 5.88 Å². The minimum atomic E-state index is -0.553. The zero-order valence-electron chi connectivity index (χ0n) is 7.28. The lowest BCUT2D eigenvalue weighted by Crippen LogP contribution is -2.19. The van der Waals surface area contributed by atoms with Crippen LogP contribution in [0.15, 0.2) is 4.79 Å². The molecule has 2 aromatic rings. The molecule has 2 heterocycles. The van der Waals surface area contributed by atoms with Crippen LogP contribution in [-0.4, -0.2) is 24.6 Å². The van der Waals surface area contributed by atoms with Crippen molar-refractivity contribution in [3.63, 3.8) is 0 Å². The number of rotatable bonds is 1. The summed E-state index contributed by atoms with van der Waals surface area (Å²) >= 11 is 5.56. The van der Waals surface area contributed by atoms with Crippen LogP contribution in [0.5, 0.6) is 5.88 Å². The average Bonchev–Trinajstić information content (AvgIpc) is 2.58. The van der Waals surface area contributed by atoms with Crippen molar-refractivity contribution < 1.29 is 5.11 Å². The predicted molar refractivity (Wildman–Crippen MR) is 50.4 cm³/mol. The summed E-state index contributed by atoms with van der Waals surface area (Å²) in [7, 11) is 1.52. The molecule has 74 valence electrons. The van der Waals surface area contributed by atoms with E-state index in [-0.39, 0.29) is 11.8 Å². The number of hydrogen-bond donors (Lipinski definition) is 2. The van der Waals surface area contributed by atoms with Crippen LogP contribution in [0.3, 0.4) is 0 Å². The van der Waals surface area contributed by atoms with Gasteiger partial charge < -0.3 is 10.1 Å². The number of halogens is 1. The molecular formula is C7H7ClN4O2. The van der Waals surface area contributed by atoms with Gasteiger partial charge in [-0.2, -0.15) is 4.98 Å². The first kappa shape index (κ1) is 9.01. The predicted octanol–water partition coefficient (Wildman–Crippen LogP) is 0.101. The second-order valence-electron chi connectivity index (χ2n) is 2.79. The van der Waals surface area contributed by atoms with Gasteiger partial charge >= 0.3 is 5.69 Å². The summed E-state index contributed by atoms with van der Waals surface area (Å²) in [5.74, 6) is 0.314. The van der Waals surface area contributed by atoms with Gasteiger partial charge in [0.15, 0.2) is 5.65 Å². The van der Waals surface area contributed by atoms with Crippen molar-refractivity contribution in [3.05, 3.63) is 16.3 Å². The Bertz CT molecular complexity index is 544. The third kappa shape index (κ3) is 1.15. The third-order valence-electron chi connectivity index (χ3n) is 1.89. The van der Waals surface area contributed by atoms with Crippen molar-refractivity contribution in [1.29, 1.82) is 0 Å². The molecule has 0 fully saturated rings. The summed E-state index contributed by atoms with van der Waals surface area (Å²) in [5, 5.41) is 9.35. The molecular weight excluding hydrogens is 208 g/mol. The van der Waals surface area contributed by atoms with Gasteiger partial charge in [-0.25, -0.2) is 9.78 Å². The summed E-state index contributed by atoms with van der Waals surface area (Å²) in [4.78, 5) is 21.3. The first-order valence-electron chi connectivity index (χ1n) is 3.84. The number of nitrogens with zero attached hydrogens (tertiary/aromatic N) is 3. The number of hydrogen-bond acceptors (Lipinski definition) is 4. The highest BCUT2D eigenvalue weighted by Gasteiger charge is 2.11. The summed E-state index contributed by atoms with van der Waals surface area (Å²) in [6.07, 6.45) is 0. The van der Waals surface area contributed by atoms with E-state index in [2.05, 4.69) is 15.0 Å². The summed E-state index contributed by atoms with van der Waals surface area (Å²) < 4.78 is 1.24. The van der Waals surface area contributed by atoms with Crippen LogP contribution in [0.4, 0.5) is 0 Å². The van der Waals surface area contributed by atoms with E-state index >= 15 is 0 Å². The first-order valence-corrected chi connectivity index (χ1v) is 4.37. The van der Waals surface area contributed by atoms with E-state index in [0.717, 1.165) is 0 Å². The number of H-pyrrole nitrogens is 1. The number of fused-ring (bicyclic) bond motifs is 1. The highest BCUT2D eigenvalue weighted by Crippen LogP contribution is 2.17. The van der Waals surface area contributed by atoms with Gasteiger partial charge in [0.05, 0.1) is 5.88 Å². The Labute approximate surface area is 83.2 Å². The molecule has 14 heavy (non-hydrogen) atoms. The fraction of sp³-hybridized carbons (Fsp3) is 0.286. The molecule has 0 aromatic carbocycles. The Morgan fingerprint density at radius 3 is 2.93 bits per heavy atom. The molecule has 0 atom stereocenters. The molecule has 0 saturated carbocycles. The first-order chi connectivity index (χ1) is 6.63. The van der Waals surface area contributed by atoms with Crippen LogP contribution < -0.4 is 5.69 Å². The van der Waals surface area contributed by atoms with Gasteiger partial charge in [-0.1, -0.05) is 0 Å². The van der Waals surface area contributed by atoms with E-state index in [1.165, 1.54) is 11.6 Å². The molecule has 0 radical (unpaired) electrons. The molecule has 0 aliphatic carbocycles. The molecule has 2 aromatic heterocycles. The molecule has 0 bridgehead atoms. The maximum atomic E-state index is 11.2. The number of alkyl halides is 1. The van der Waals surface area contributed by atoms with Gasteiger partial charge in [0.1, 0.15) is 11.3 Å². The number of aromatic hydroxyl groups is 1. The lowest BCUT2D eigenvalue weighted by atomic mass is 10.5. The fourth-order valence-corrected chi connectivity index (χ4v) is 1.31. The van der Waals surface area contributed by atoms with Crippen molar-refractivity contribution in [2.75, 3.05) is 0 Å². The molecule has 7 heteroatoms. The van der Waals surface area contributed by atoms with Crippen LogP contribution in [0.2, 0.25) is 0 Å². The number of nitrogens with one attached hydrogen (secondary N) is 1. The smallest absolute Gasteiger partial charge is 0.352 e. The Morgan fingerprint density at radius 2 is 2.29 bits per heavy atom. The molecule has 6 nitrogen and oxygen atoms in total. The van der Waals surface area contributed by atoms with Gasteiger partial charge in [0.25, 0.3) is 0 Å². The number of aromatic nitrogens is 4. The number of imidazole rings is 1. The van der Waals surface area contributed by atoms with Crippen molar-refractivity contribution in [1.82, 2.24) is 19.5 Å². The summed E-state index contributed by atoms with van der Waals surface area (Å²) in [5.41, 5.74) is 0.114. The number of aromatic amines is 1. The van der Waals surface area contributed by atoms with Crippen LogP contribution >= 0.6 is 11.6 Å². The maximum Gasteiger partial charge on any atom is 0.352 e. The fourth-order valence-electron chi connectivity index (χ4n) is 1.19. The van der Waals surface area contributed by atoms with Crippen molar-refractivity contribution in [3.8, 4) is 5.88 Å². The van der Waals surface area contributed by atoms with E-state index < -0.39 is 5.69 Å². The van der Waals surface area contributed by atoms with E-state index in [9.17, 15) is 9.90 Å². The highest BCUT2D eigenvalue weighted by molar-refractivity contribution is 6.16. The summed E-state index contributed by atoms with van der Waals surface area (Å²) in [6.45, 7) is 0. The molecule has 0 amide bonds. The lowest BCUT2D eigenvalue weighted by Gasteiger charge is -1.97. The average molecular weight is 215 g/mol. The Kier molecular flexibility index (Phi) is 1.92. The maximum absolute atomic E-state index is 11.2. The molecule has 2 N–H and O–H groups in total. The minimum Gasteiger partial charge on any atom is -0.492 e. The molecule has 0 spiro atoms.